The van der Waals surface area contributed by atoms with Gasteiger partial charge in [-0.05, 0) is 44.0 Å². The Morgan fingerprint density at radius 2 is 1.94 bits per heavy atom. The molecule has 18 heavy (non-hydrogen) atoms. The molecule has 100 valence electrons. The van der Waals surface area contributed by atoms with Crippen LogP contribution in [0.15, 0.2) is 18.2 Å². The zero-order valence-corrected chi connectivity index (χ0v) is 11.0. The zero-order valence-electron chi connectivity index (χ0n) is 11.0. The van der Waals surface area contributed by atoms with Gasteiger partial charge in [0.05, 0.1) is 20.3 Å². The van der Waals surface area contributed by atoms with Gasteiger partial charge < -0.3 is 19.9 Å². The molecule has 1 atom stereocenters. The first kappa shape index (κ1) is 13.2. The van der Waals surface area contributed by atoms with Crippen LogP contribution in [0.5, 0.6) is 11.5 Å². The van der Waals surface area contributed by atoms with Gasteiger partial charge in [0.2, 0.25) is 0 Å². The minimum absolute atomic E-state index is 0.300. The van der Waals surface area contributed by atoms with Gasteiger partial charge in [0.1, 0.15) is 11.5 Å². The molecular weight excluding hydrogens is 230 g/mol. The predicted octanol–water partition coefficient (Wildman–Crippen LogP) is 1.74. The minimum Gasteiger partial charge on any atom is -0.497 e. The first-order valence-corrected chi connectivity index (χ1v) is 6.37. The van der Waals surface area contributed by atoms with Crippen molar-refractivity contribution < 1.29 is 14.6 Å². The van der Waals surface area contributed by atoms with Crippen molar-refractivity contribution >= 4 is 0 Å². The van der Waals surface area contributed by atoms with E-state index in [4.69, 9.17) is 9.47 Å². The molecule has 0 radical (unpaired) electrons. The topological polar surface area (TPSA) is 50.7 Å². The Morgan fingerprint density at radius 1 is 1.22 bits per heavy atom. The van der Waals surface area contributed by atoms with Crippen LogP contribution in [0.25, 0.3) is 0 Å². The molecule has 1 aliphatic heterocycles. The Labute approximate surface area is 108 Å². The van der Waals surface area contributed by atoms with E-state index >= 15 is 0 Å². The van der Waals surface area contributed by atoms with Crippen molar-refractivity contribution in [2.45, 2.75) is 18.9 Å². The van der Waals surface area contributed by atoms with Crippen molar-refractivity contribution in [3.05, 3.63) is 23.8 Å². The largest absolute Gasteiger partial charge is 0.497 e. The molecular formula is C14H21NO3. The summed E-state index contributed by atoms with van der Waals surface area (Å²) in [4.78, 5) is 0. The first-order valence-electron chi connectivity index (χ1n) is 6.37. The smallest absolute Gasteiger partial charge is 0.128 e. The van der Waals surface area contributed by atoms with Crippen LogP contribution < -0.4 is 14.8 Å². The lowest BCUT2D eigenvalue weighted by atomic mass is 9.88. The molecule has 4 heteroatoms. The number of ether oxygens (including phenoxy) is 2. The van der Waals surface area contributed by atoms with E-state index in [9.17, 15) is 5.11 Å². The fraction of sp³-hybridized carbons (Fsp3) is 0.571. The number of hydrogen-bond acceptors (Lipinski definition) is 4. The van der Waals surface area contributed by atoms with Gasteiger partial charge in [-0.25, -0.2) is 0 Å². The lowest BCUT2D eigenvalue weighted by Gasteiger charge is -2.28. The second-order valence-corrected chi connectivity index (χ2v) is 4.64. The minimum atomic E-state index is -0.465. The van der Waals surface area contributed by atoms with Crippen molar-refractivity contribution in [3.8, 4) is 11.5 Å². The summed E-state index contributed by atoms with van der Waals surface area (Å²) in [5.41, 5.74) is 0.852. The van der Waals surface area contributed by atoms with Crippen LogP contribution in [0.3, 0.4) is 0 Å². The number of benzene rings is 1. The van der Waals surface area contributed by atoms with Gasteiger partial charge in [-0.3, -0.25) is 0 Å². The Bertz CT molecular complexity index is 389. The Kier molecular flexibility index (Phi) is 4.44. The van der Waals surface area contributed by atoms with Gasteiger partial charge in [0.15, 0.2) is 0 Å². The molecule has 0 amide bonds. The van der Waals surface area contributed by atoms with E-state index in [1.54, 1.807) is 14.2 Å². The molecule has 1 aromatic carbocycles. The molecule has 1 heterocycles. The van der Waals surface area contributed by atoms with Crippen LogP contribution >= 0.6 is 0 Å². The third-order valence-electron chi connectivity index (χ3n) is 3.59. The molecule has 4 nitrogen and oxygen atoms in total. The zero-order chi connectivity index (χ0) is 13.0. The summed E-state index contributed by atoms with van der Waals surface area (Å²) in [6, 6.07) is 5.58. The summed E-state index contributed by atoms with van der Waals surface area (Å²) in [6.07, 6.45) is 1.53. The van der Waals surface area contributed by atoms with Crippen molar-refractivity contribution in [2.75, 3.05) is 27.3 Å². The van der Waals surface area contributed by atoms with Gasteiger partial charge in [-0.2, -0.15) is 0 Å². The van der Waals surface area contributed by atoms with Crippen LogP contribution in [0.2, 0.25) is 0 Å². The Hall–Kier alpha value is -1.26. The lowest BCUT2D eigenvalue weighted by Crippen LogP contribution is -2.31. The highest BCUT2D eigenvalue weighted by Crippen LogP contribution is 2.36. The number of rotatable bonds is 4. The predicted molar refractivity (Wildman–Crippen MR) is 70.1 cm³/mol. The Balaban J connectivity index is 2.20. The van der Waals surface area contributed by atoms with E-state index < -0.39 is 6.10 Å². The lowest BCUT2D eigenvalue weighted by molar-refractivity contribution is 0.0864. The summed E-state index contributed by atoms with van der Waals surface area (Å²) in [5, 5.41) is 13.8. The van der Waals surface area contributed by atoms with Gasteiger partial charge in [-0.1, -0.05) is 0 Å². The molecule has 0 saturated carbocycles. The number of hydrogen-bond donors (Lipinski definition) is 2. The summed E-state index contributed by atoms with van der Waals surface area (Å²) in [6.45, 7) is 1.94. The standard InChI is InChI=1S/C14H21NO3/c1-17-11-3-4-12(13(9-11)18-2)14(16)10-5-7-15-8-6-10/h3-4,9-10,14-16H,5-8H2,1-2H3. The highest BCUT2D eigenvalue weighted by molar-refractivity contribution is 5.42. The summed E-state index contributed by atoms with van der Waals surface area (Å²) >= 11 is 0. The number of piperidine rings is 1. The highest BCUT2D eigenvalue weighted by atomic mass is 16.5. The molecule has 1 aromatic rings. The normalized spacial score (nSPS) is 18.4. The fourth-order valence-electron chi connectivity index (χ4n) is 2.48. The van der Waals surface area contributed by atoms with Crippen molar-refractivity contribution in [3.63, 3.8) is 0 Å². The van der Waals surface area contributed by atoms with Gasteiger partial charge >= 0.3 is 0 Å². The maximum atomic E-state index is 10.5. The molecule has 1 unspecified atom stereocenters. The van der Waals surface area contributed by atoms with E-state index in [1.807, 2.05) is 18.2 Å². The fourth-order valence-corrected chi connectivity index (χ4v) is 2.48. The van der Waals surface area contributed by atoms with E-state index in [0.29, 0.717) is 11.7 Å². The van der Waals surface area contributed by atoms with Crippen molar-refractivity contribution in [2.24, 2.45) is 5.92 Å². The van der Waals surface area contributed by atoms with Crippen LogP contribution in [-0.2, 0) is 0 Å². The molecule has 2 N–H and O–H groups in total. The Morgan fingerprint density at radius 3 is 2.56 bits per heavy atom. The number of nitrogens with one attached hydrogen (secondary N) is 1. The third kappa shape index (κ3) is 2.76. The van der Waals surface area contributed by atoms with Crippen molar-refractivity contribution in [1.29, 1.82) is 0 Å². The summed E-state index contributed by atoms with van der Waals surface area (Å²) in [5.74, 6) is 1.74. The second-order valence-electron chi connectivity index (χ2n) is 4.64. The SMILES string of the molecule is COc1ccc(C(O)C2CCNCC2)c(OC)c1. The average Bonchev–Trinajstić information content (AvgIpc) is 2.46. The van der Waals surface area contributed by atoms with Crippen LogP contribution in [0.4, 0.5) is 0 Å². The molecule has 1 fully saturated rings. The number of aliphatic hydroxyl groups excluding tert-OH is 1. The van der Waals surface area contributed by atoms with Gasteiger partial charge in [0, 0.05) is 11.6 Å². The number of aliphatic hydroxyl groups is 1. The number of methoxy groups -OCH3 is 2. The van der Waals surface area contributed by atoms with Crippen LogP contribution in [0.1, 0.15) is 24.5 Å². The average molecular weight is 251 g/mol. The molecule has 0 aromatic heterocycles. The van der Waals surface area contributed by atoms with E-state index in [2.05, 4.69) is 5.32 Å². The quantitative estimate of drug-likeness (QED) is 0.856. The maximum absolute atomic E-state index is 10.5. The van der Waals surface area contributed by atoms with E-state index in [-0.39, 0.29) is 0 Å². The molecule has 1 saturated heterocycles. The second kappa shape index (κ2) is 6.07. The van der Waals surface area contributed by atoms with Crippen LogP contribution in [0, 0.1) is 5.92 Å². The molecule has 0 bridgehead atoms. The molecule has 0 aliphatic carbocycles. The first-order chi connectivity index (χ1) is 8.76. The maximum Gasteiger partial charge on any atom is 0.128 e. The van der Waals surface area contributed by atoms with Crippen molar-refractivity contribution in [1.82, 2.24) is 5.32 Å². The van der Waals surface area contributed by atoms with Gasteiger partial charge in [-0.15, -0.1) is 0 Å². The van der Waals surface area contributed by atoms with E-state index in [1.165, 1.54) is 0 Å². The van der Waals surface area contributed by atoms with Crippen LogP contribution in [-0.4, -0.2) is 32.4 Å². The molecule has 0 spiro atoms. The van der Waals surface area contributed by atoms with Gasteiger partial charge in [0.25, 0.3) is 0 Å². The molecule has 2 rings (SSSR count). The van der Waals surface area contributed by atoms with E-state index in [0.717, 1.165) is 37.2 Å². The highest BCUT2D eigenvalue weighted by Gasteiger charge is 2.25. The summed E-state index contributed by atoms with van der Waals surface area (Å²) in [7, 11) is 3.24. The summed E-state index contributed by atoms with van der Waals surface area (Å²) < 4.78 is 10.5. The third-order valence-corrected chi connectivity index (χ3v) is 3.59. The monoisotopic (exact) mass is 251 g/mol. The molecule has 1 aliphatic rings.